The zero-order chi connectivity index (χ0) is 14.1. The molecule has 2 aromatic carbocycles. The van der Waals surface area contributed by atoms with E-state index in [1.807, 2.05) is 18.2 Å². The molecular formula is C17H17FO2. The van der Waals surface area contributed by atoms with Gasteiger partial charge < -0.3 is 9.84 Å². The van der Waals surface area contributed by atoms with E-state index in [4.69, 9.17) is 4.74 Å². The molecule has 0 saturated heterocycles. The van der Waals surface area contributed by atoms with E-state index in [2.05, 4.69) is 0 Å². The quantitative estimate of drug-likeness (QED) is 0.905. The van der Waals surface area contributed by atoms with Crippen LogP contribution in [0.25, 0.3) is 0 Å². The first-order chi connectivity index (χ1) is 9.69. The summed E-state index contributed by atoms with van der Waals surface area (Å²) in [5.41, 5.74) is 3.07. The number of methoxy groups -OCH3 is 1. The maximum Gasteiger partial charge on any atom is 0.123 e. The zero-order valence-electron chi connectivity index (χ0n) is 11.3. The van der Waals surface area contributed by atoms with Gasteiger partial charge in [-0.05, 0) is 53.8 Å². The Morgan fingerprint density at radius 1 is 1.15 bits per heavy atom. The third kappa shape index (κ3) is 2.29. The van der Waals surface area contributed by atoms with Gasteiger partial charge >= 0.3 is 0 Å². The zero-order valence-corrected chi connectivity index (χ0v) is 11.3. The van der Waals surface area contributed by atoms with Crippen molar-refractivity contribution in [1.82, 2.24) is 0 Å². The van der Waals surface area contributed by atoms with Crippen LogP contribution in [0.5, 0.6) is 5.75 Å². The topological polar surface area (TPSA) is 29.5 Å². The highest BCUT2D eigenvalue weighted by Gasteiger charge is 2.29. The molecule has 0 amide bonds. The molecule has 3 rings (SSSR count). The van der Waals surface area contributed by atoms with Crippen molar-refractivity contribution in [2.45, 2.75) is 24.9 Å². The normalized spacial score (nSPS) is 21.4. The second-order valence-corrected chi connectivity index (χ2v) is 5.21. The van der Waals surface area contributed by atoms with Gasteiger partial charge in [0, 0.05) is 5.92 Å². The van der Waals surface area contributed by atoms with E-state index >= 15 is 0 Å². The summed E-state index contributed by atoms with van der Waals surface area (Å²) >= 11 is 0. The van der Waals surface area contributed by atoms with E-state index in [9.17, 15) is 9.50 Å². The smallest absolute Gasteiger partial charge is 0.123 e. The van der Waals surface area contributed by atoms with E-state index in [1.54, 1.807) is 19.2 Å². The van der Waals surface area contributed by atoms with Crippen LogP contribution < -0.4 is 4.74 Å². The number of halogens is 1. The monoisotopic (exact) mass is 272 g/mol. The molecule has 0 aliphatic heterocycles. The van der Waals surface area contributed by atoms with Gasteiger partial charge in [0.05, 0.1) is 13.2 Å². The highest BCUT2D eigenvalue weighted by Crippen LogP contribution is 2.41. The van der Waals surface area contributed by atoms with Crippen LogP contribution in [0.15, 0.2) is 42.5 Å². The lowest BCUT2D eigenvalue weighted by Crippen LogP contribution is -2.19. The van der Waals surface area contributed by atoms with Crippen LogP contribution in [0.3, 0.4) is 0 Å². The van der Waals surface area contributed by atoms with E-state index in [-0.39, 0.29) is 11.7 Å². The molecule has 1 aliphatic rings. The summed E-state index contributed by atoms with van der Waals surface area (Å²) in [4.78, 5) is 0. The summed E-state index contributed by atoms with van der Waals surface area (Å²) in [6.45, 7) is 0. The van der Waals surface area contributed by atoms with Crippen molar-refractivity contribution < 1.29 is 14.2 Å². The van der Waals surface area contributed by atoms with Crippen molar-refractivity contribution in [1.29, 1.82) is 0 Å². The SMILES string of the molecule is COc1ccc2c(c1)CC[C@@H](c1ccc(F)cc1)[C@H]2O. The van der Waals surface area contributed by atoms with Gasteiger partial charge in [0.15, 0.2) is 0 Å². The standard InChI is InChI=1S/C17H17FO2/c1-20-14-7-9-16-12(10-14)4-8-15(17(16)19)11-2-5-13(18)6-3-11/h2-3,5-7,9-10,15,17,19H,4,8H2,1H3/t15-,17+/m0/s1. The van der Waals surface area contributed by atoms with Crippen LogP contribution in [-0.2, 0) is 6.42 Å². The third-order valence-electron chi connectivity index (χ3n) is 4.07. The number of fused-ring (bicyclic) bond motifs is 1. The fourth-order valence-corrected chi connectivity index (χ4v) is 2.96. The average Bonchev–Trinajstić information content (AvgIpc) is 2.48. The van der Waals surface area contributed by atoms with Crippen LogP contribution in [0.4, 0.5) is 4.39 Å². The lowest BCUT2D eigenvalue weighted by Gasteiger charge is -2.30. The molecule has 0 saturated carbocycles. The molecule has 2 aromatic rings. The number of rotatable bonds is 2. The highest BCUT2D eigenvalue weighted by molar-refractivity contribution is 5.41. The Kier molecular flexibility index (Phi) is 3.45. The van der Waals surface area contributed by atoms with Crippen LogP contribution >= 0.6 is 0 Å². The van der Waals surface area contributed by atoms with E-state index in [0.29, 0.717) is 0 Å². The summed E-state index contributed by atoms with van der Waals surface area (Å²) in [5, 5.41) is 10.6. The predicted molar refractivity (Wildman–Crippen MR) is 75.4 cm³/mol. The molecule has 0 heterocycles. The molecule has 0 bridgehead atoms. The first-order valence-electron chi connectivity index (χ1n) is 6.79. The molecular weight excluding hydrogens is 255 g/mol. The van der Waals surface area contributed by atoms with Gasteiger partial charge in [-0.15, -0.1) is 0 Å². The third-order valence-corrected chi connectivity index (χ3v) is 4.07. The second-order valence-electron chi connectivity index (χ2n) is 5.21. The molecule has 0 fully saturated rings. The van der Waals surface area contributed by atoms with Gasteiger partial charge in [-0.1, -0.05) is 18.2 Å². The van der Waals surface area contributed by atoms with Gasteiger partial charge in [0.25, 0.3) is 0 Å². The first-order valence-corrected chi connectivity index (χ1v) is 6.79. The molecule has 104 valence electrons. The highest BCUT2D eigenvalue weighted by atomic mass is 19.1. The summed E-state index contributed by atoms with van der Waals surface area (Å²) < 4.78 is 18.2. The Morgan fingerprint density at radius 2 is 1.90 bits per heavy atom. The summed E-state index contributed by atoms with van der Waals surface area (Å²) in [6.07, 6.45) is 1.20. The Labute approximate surface area is 117 Å². The lowest BCUT2D eigenvalue weighted by molar-refractivity contribution is 0.131. The molecule has 0 radical (unpaired) electrons. The van der Waals surface area contributed by atoms with Gasteiger partial charge in [0.2, 0.25) is 0 Å². The van der Waals surface area contributed by atoms with E-state index in [0.717, 1.165) is 35.3 Å². The fraction of sp³-hybridized carbons (Fsp3) is 0.294. The molecule has 20 heavy (non-hydrogen) atoms. The van der Waals surface area contributed by atoms with Crippen LogP contribution in [0, 0.1) is 5.82 Å². The maximum atomic E-state index is 13.0. The Hall–Kier alpha value is -1.87. The minimum atomic E-state index is -0.546. The Bertz CT molecular complexity index is 607. The van der Waals surface area contributed by atoms with Crippen LogP contribution in [0.2, 0.25) is 0 Å². The number of aryl methyl sites for hydroxylation is 1. The maximum absolute atomic E-state index is 13.0. The molecule has 1 aliphatic carbocycles. The minimum Gasteiger partial charge on any atom is -0.497 e. The van der Waals surface area contributed by atoms with Crippen molar-refractivity contribution in [2.75, 3.05) is 7.11 Å². The second kappa shape index (κ2) is 5.25. The van der Waals surface area contributed by atoms with Crippen molar-refractivity contribution in [3.05, 3.63) is 65.0 Å². The van der Waals surface area contributed by atoms with Crippen molar-refractivity contribution in [2.24, 2.45) is 0 Å². The minimum absolute atomic E-state index is 0.0245. The van der Waals surface area contributed by atoms with Gasteiger partial charge in [-0.3, -0.25) is 0 Å². The number of hydrogen-bond acceptors (Lipinski definition) is 2. The van der Waals surface area contributed by atoms with Crippen LogP contribution in [0.1, 0.15) is 35.1 Å². The van der Waals surface area contributed by atoms with E-state index in [1.165, 1.54) is 12.1 Å². The van der Waals surface area contributed by atoms with Gasteiger partial charge in [0.1, 0.15) is 11.6 Å². The van der Waals surface area contributed by atoms with Crippen molar-refractivity contribution >= 4 is 0 Å². The number of ether oxygens (including phenoxy) is 1. The molecule has 2 nitrogen and oxygen atoms in total. The summed E-state index contributed by atoms with van der Waals surface area (Å²) in [7, 11) is 1.64. The van der Waals surface area contributed by atoms with E-state index < -0.39 is 6.10 Å². The molecule has 1 N–H and O–H groups in total. The largest absolute Gasteiger partial charge is 0.497 e. The van der Waals surface area contributed by atoms with Crippen molar-refractivity contribution in [3.8, 4) is 5.75 Å². The average molecular weight is 272 g/mol. The Morgan fingerprint density at radius 3 is 2.60 bits per heavy atom. The van der Waals surface area contributed by atoms with Gasteiger partial charge in [-0.2, -0.15) is 0 Å². The number of aliphatic hydroxyl groups is 1. The number of aliphatic hydroxyl groups excluding tert-OH is 1. The molecule has 0 aromatic heterocycles. The molecule has 0 spiro atoms. The number of benzene rings is 2. The first kappa shape index (κ1) is 13.1. The van der Waals surface area contributed by atoms with Gasteiger partial charge in [-0.25, -0.2) is 4.39 Å². The molecule has 3 heteroatoms. The van der Waals surface area contributed by atoms with Crippen molar-refractivity contribution in [3.63, 3.8) is 0 Å². The number of hydrogen-bond donors (Lipinski definition) is 1. The molecule has 2 atom stereocenters. The fourth-order valence-electron chi connectivity index (χ4n) is 2.96. The molecule has 0 unspecified atom stereocenters. The lowest BCUT2D eigenvalue weighted by atomic mass is 9.78. The predicted octanol–water partition coefficient (Wildman–Crippen LogP) is 3.60. The Balaban J connectivity index is 1.92. The summed E-state index contributed by atoms with van der Waals surface area (Å²) in [5.74, 6) is 0.594. The summed E-state index contributed by atoms with van der Waals surface area (Å²) in [6, 6.07) is 12.2. The van der Waals surface area contributed by atoms with Crippen LogP contribution in [-0.4, -0.2) is 12.2 Å².